The molecular weight excluding hydrogens is 284 g/mol. The Labute approximate surface area is 109 Å². The Bertz CT molecular complexity index is 455. The van der Waals surface area contributed by atoms with Crippen molar-refractivity contribution in [1.82, 2.24) is 9.78 Å². The van der Waals surface area contributed by atoms with Crippen LogP contribution >= 0.6 is 15.9 Å². The number of hydrogen-bond donors (Lipinski definition) is 1. The van der Waals surface area contributed by atoms with E-state index in [0.29, 0.717) is 23.5 Å². The fourth-order valence-corrected chi connectivity index (χ4v) is 2.32. The lowest BCUT2D eigenvalue weighted by molar-refractivity contribution is 0.531. The maximum Gasteiger partial charge on any atom is 0.283 e. The lowest BCUT2D eigenvalue weighted by Crippen LogP contribution is -2.30. The highest BCUT2D eigenvalue weighted by molar-refractivity contribution is 9.10. The number of nitrogens with zero attached hydrogens (tertiary/aromatic N) is 3. The van der Waals surface area contributed by atoms with Crippen molar-refractivity contribution in [2.24, 2.45) is 11.7 Å². The largest absolute Gasteiger partial charge is 0.371 e. The molecule has 0 atom stereocenters. The highest BCUT2D eigenvalue weighted by atomic mass is 79.9. The Morgan fingerprint density at radius 3 is 2.94 bits per heavy atom. The van der Waals surface area contributed by atoms with Crippen LogP contribution in [0.1, 0.15) is 12.8 Å². The predicted octanol–water partition coefficient (Wildman–Crippen LogP) is 0.811. The average molecular weight is 301 g/mol. The fourth-order valence-electron chi connectivity index (χ4n) is 1.71. The topological polar surface area (TPSA) is 64.2 Å². The van der Waals surface area contributed by atoms with Gasteiger partial charge < -0.3 is 10.6 Å². The summed E-state index contributed by atoms with van der Waals surface area (Å²) in [4.78, 5) is 14.0. The highest BCUT2D eigenvalue weighted by Crippen LogP contribution is 2.30. The lowest BCUT2D eigenvalue weighted by Gasteiger charge is -2.19. The third-order valence-electron chi connectivity index (χ3n) is 2.97. The van der Waals surface area contributed by atoms with Gasteiger partial charge in [0, 0.05) is 26.7 Å². The number of hydrogen-bond acceptors (Lipinski definition) is 4. The van der Waals surface area contributed by atoms with E-state index < -0.39 is 0 Å². The van der Waals surface area contributed by atoms with Crippen LogP contribution in [0.3, 0.4) is 0 Å². The minimum Gasteiger partial charge on any atom is -0.371 e. The molecule has 0 aliphatic heterocycles. The Balaban J connectivity index is 2.24. The van der Waals surface area contributed by atoms with Crippen LogP contribution in [0, 0.1) is 5.92 Å². The second-order valence-electron chi connectivity index (χ2n) is 4.48. The number of halogens is 1. The Kier molecular flexibility index (Phi) is 3.83. The SMILES string of the molecule is CN(CCN)c1cnn(CC2CC2)c(=O)c1Br. The first-order valence-electron chi connectivity index (χ1n) is 5.80. The van der Waals surface area contributed by atoms with Gasteiger partial charge in [-0.15, -0.1) is 0 Å². The van der Waals surface area contributed by atoms with E-state index in [9.17, 15) is 4.79 Å². The zero-order valence-electron chi connectivity index (χ0n) is 9.90. The van der Waals surface area contributed by atoms with Gasteiger partial charge in [0.25, 0.3) is 5.56 Å². The standard InChI is InChI=1S/C11H17BrN4O/c1-15(5-4-13)9-6-14-16(7-8-2-3-8)11(17)10(9)12/h6,8H,2-5,7,13H2,1H3. The maximum absolute atomic E-state index is 12.1. The van der Waals surface area contributed by atoms with Crippen molar-refractivity contribution in [2.75, 3.05) is 25.0 Å². The molecule has 1 saturated carbocycles. The summed E-state index contributed by atoms with van der Waals surface area (Å²) in [6.07, 6.45) is 4.14. The zero-order chi connectivity index (χ0) is 12.4. The molecule has 94 valence electrons. The molecule has 17 heavy (non-hydrogen) atoms. The van der Waals surface area contributed by atoms with Gasteiger partial charge in [-0.2, -0.15) is 5.10 Å². The van der Waals surface area contributed by atoms with Crippen molar-refractivity contribution in [3.8, 4) is 0 Å². The van der Waals surface area contributed by atoms with Crippen LogP contribution in [0.15, 0.2) is 15.5 Å². The van der Waals surface area contributed by atoms with Crippen LogP contribution in [0.25, 0.3) is 0 Å². The second kappa shape index (κ2) is 5.18. The summed E-state index contributed by atoms with van der Waals surface area (Å²) >= 11 is 3.36. The molecule has 0 unspecified atom stereocenters. The van der Waals surface area contributed by atoms with Crippen molar-refractivity contribution in [3.05, 3.63) is 21.0 Å². The summed E-state index contributed by atoms with van der Waals surface area (Å²) in [5.41, 5.74) is 6.24. The Morgan fingerprint density at radius 2 is 2.35 bits per heavy atom. The van der Waals surface area contributed by atoms with Gasteiger partial charge in [-0.05, 0) is 34.7 Å². The third kappa shape index (κ3) is 2.87. The fraction of sp³-hybridized carbons (Fsp3) is 0.636. The molecule has 1 heterocycles. The van der Waals surface area contributed by atoms with Crippen LogP contribution in [0.4, 0.5) is 5.69 Å². The summed E-state index contributed by atoms with van der Waals surface area (Å²) in [6.45, 7) is 1.98. The van der Waals surface area contributed by atoms with E-state index in [4.69, 9.17) is 5.73 Å². The van der Waals surface area contributed by atoms with Crippen molar-refractivity contribution < 1.29 is 0 Å². The van der Waals surface area contributed by atoms with Gasteiger partial charge in [0.2, 0.25) is 0 Å². The van der Waals surface area contributed by atoms with Crippen molar-refractivity contribution in [1.29, 1.82) is 0 Å². The van der Waals surface area contributed by atoms with Gasteiger partial charge in [-0.25, -0.2) is 4.68 Å². The molecular formula is C11H17BrN4O. The average Bonchev–Trinajstić information content (AvgIpc) is 3.09. The number of rotatable bonds is 5. The Hall–Kier alpha value is -0.880. The first-order valence-corrected chi connectivity index (χ1v) is 6.59. The molecule has 1 aromatic rings. The summed E-state index contributed by atoms with van der Waals surface area (Å²) in [5.74, 6) is 0.639. The smallest absolute Gasteiger partial charge is 0.283 e. The summed E-state index contributed by atoms with van der Waals surface area (Å²) in [7, 11) is 1.90. The van der Waals surface area contributed by atoms with Gasteiger partial charge in [0.1, 0.15) is 4.47 Å². The van der Waals surface area contributed by atoms with Crippen molar-refractivity contribution >= 4 is 21.6 Å². The molecule has 2 rings (SSSR count). The minimum atomic E-state index is -0.0572. The first-order chi connectivity index (χ1) is 8.13. The van der Waals surface area contributed by atoms with E-state index in [1.807, 2.05) is 11.9 Å². The predicted molar refractivity (Wildman–Crippen MR) is 71.2 cm³/mol. The second-order valence-corrected chi connectivity index (χ2v) is 5.28. The van der Waals surface area contributed by atoms with Crippen molar-refractivity contribution in [3.63, 3.8) is 0 Å². The van der Waals surface area contributed by atoms with Gasteiger partial charge in [-0.3, -0.25) is 4.79 Å². The number of anilines is 1. The molecule has 5 nitrogen and oxygen atoms in total. The quantitative estimate of drug-likeness (QED) is 0.874. The number of nitrogens with two attached hydrogens (primary N) is 1. The summed E-state index contributed by atoms with van der Waals surface area (Å²) in [5, 5.41) is 4.21. The van der Waals surface area contributed by atoms with Crippen LogP contribution in [0.2, 0.25) is 0 Å². The number of aromatic nitrogens is 2. The van der Waals surface area contributed by atoms with E-state index >= 15 is 0 Å². The molecule has 6 heteroatoms. The van der Waals surface area contributed by atoms with Crippen LogP contribution in [-0.2, 0) is 6.54 Å². The molecule has 1 fully saturated rings. The summed E-state index contributed by atoms with van der Waals surface area (Å²) in [6, 6.07) is 0. The molecule has 0 radical (unpaired) electrons. The molecule has 1 aliphatic carbocycles. The Morgan fingerprint density at radius 1 is 1.65 bits per heavy atom. The zero-order valence-corrected chi connectivity index (χ0v) is 11.5. The van der Waals surface area contributed by atoms with E-state index in [1.165, 1.54) is 12.8 Å². The lowest BCUT2D eigenvalue weighted by atomic mass is 10.4. The van der Waals surface area contributed by atoms with Gasteiger partial charge in [-0.1, -0.05) is 0 Å². The van der Waals surface area contributed by atoms with Crippen LogP contribution < -0.4 is 16.2 Å². The molecule has 0 saturated heterocycles. The van der Waals surface area contributed by atoms with E-state index in [1.54, 1.807) is 10.9 Å². The van der Waals surface area contributed by atoms with Gasteiger partial charge in [0.05, 0.1) is 11.9 Å². The molecule has 2 N–H and O–H groups in total. The third-order valence-corrected chi connectivity index (χ3v) is 3.72. The van der Waals surface area contributed by atoms with Crippen molar-refractivity contribution in [2.45, 2.75) is 19.4 Å². The molecule has 0 aromatic carbocycles. The van der Waals surface area contributed by atoms with Gasteiger partial charge in [0.15, 0.2) is 0 Å². The molecule has 1 aromatic heterocycles. The van der Waals surface area contributed by atoms with E-state index in [-0.39, 0.29) is 5.56 Å². The maximum atomic E-state index is 12.1. The van der Waals surface area contributed by atoms with E-state index in [2.05, 4.69) is 21.0 Å². The van der Waals surface area contributed by atoms with Gasteiger partial charge >= 0.3 is 0 Å². The molecule has 0 bridgehead atoms. The molecule has 1 aliphatic rings. The van der Waals surface area contributed by atoms with Crippen LogP contribution in [0.5, 0.6) is 0 Å². The molecule has 0 amide bonds. The first kappa shape index (κ1) is 12.6. The normalized spacial score (nSPS) is 15.0. The monoisotopic (exact) mass is 300 g/mol. The van der Waals surface area contributed by atoms with E-state index in [0.717, 1.165) is 12.2 Å². The highest BCUT2D eigenvalue weighted by Gasteiger charge is 2.23. The number of likely N-dealkylation sites (N-methyl/N-ethyl adjacent to an activating group) is 1. The minimum absolute atomic E-state index is 0.0572. The van der Waals surface area contributed by atoms with Crippen LogP contribution in [-0.4, -0.2) is 29.9 Å². The summed E-state index contributed by atoms with van der Waals surface area (Å²) < 4.78 is 2.12. The molecule has 0 spiro atoms.